The van der Waals surface area contributed by atoms with Crippen molar-refractivity contribution in [3.63, 3.8) is 0 Å². The average Bonchev–Trinajstić information content (AvgIpc) is 3.00. The van der Waals surface area contributed by atoms with Crippen LogP contribution in [0.2, 0.25) is 0 Å². The number of carbonyl (C=O) groups excluding carboxylic acids is 2. The lowest BCUT2D eigenvalue weighted by molar-refractivity contribution is -0.115. The lowest BCUT2D eigenvalue weighted by atomic mass is 10.1. The van der Waals surface area contributed by atoms with Gasteiger partial charge < -0.3 is 10.1 Å². The zero-order chi connectivity index (χ0) is 19.4. The highest BCUT2D eigenvalue weighted by molar-refractivity contribution is 7.99. The Morgan fingerprint density at radius 2 is 1.81 bits per heavy atom. The summed E-state index contributed by atoms with van der Waals surface area (Å²) in [4.78, 5) is 25.9. The minimum absolute atomic E-state index is 0.157. The molecule has 0 unspecified atom stereocenters. The number of esters is 1. The maximum atomic E-state index is 12.5. The summed E-state index contributed by atoms with van der Waals surface area (Å²) < 4.78 is 5.84. The van der Waals surface area contributed by atoms with Gasteiger partial charge in [0.25, 0.3) is 0 Å². The van der Waals surface area contributed by atoms with Crippen LogP contribution in [0.4, 0.5) is 5.00 Å². The fourth-order valence-corrected chi connectivity index (χ4v) is 4.70. The van der Waals surface area contributed by atoms with Crippen LogP contribution in [0.25, 0.3) is 10.1 Å². The lowest BCUT2D eigenvalue weighted by Crippen LogP contribution is -2.15. The molecule has 0 saturated carbocycles. The molecule has 0 fully saturated rings. The summed E-state index contributed by atoms with van der Waals surface area (Å²) in [6.07, 6.45) is 0.251. The van der Waals surface area contributed by atoms with Crippen molar-refractivity contribution >= 4 is 50.1 Å². The minimum Gasteiger partial charge on any atom is -0.465 e. The van der Waals surface area contributed by atoms with Gasteiger partial charge in [-0.05, 0) is 23.8 Å². The smallest absolute Gasteiger partial charge is 0.341 e. The van der Waals surface area contributed by atoms with Crippen LogP contribution in [-0.4, -0.2) is 24.2 Å². The van der Waals surface area contributed by atoms with Crippen LogP contribution in [0.3, 0.4) is 0 Å². The van der Waals surface area contributed by atoms with E-state index in [9.17, 15) is 9.59 Å². The Morgan fingerprint density at radius 1 is 1.11 bits per heavy atom. The Labute approximate surface area is 166 Å². The van der Waals surface area contributed by atoms with E-state index < -0.39 is 5.97 Å². The van der Waals surface area contributed by atoms with Crippen molar-refractivity contribution in [3.05, 3.63) is 59.7 Å². The van der Waals surface area contributed by atoms with Crippen LogP contribution >= 0.6 is 23.1 Å². The topological polar surface area (TPSA) is 55.4 Å². The van der Waals surface area contributed by atoms with E-state index in [1.807, 2.05) is 48.5 Å². The molecule has 0 bridgehead atoms. The molecule has 0 radical (unpaired) electrons. The SMILES string of the molecule is COC(=O)c1c(NC(=O)Cc2ccc(SC(C)C)cc2)sc2ccccc12. The number of ether oxygens (including phenoxy) is 1. The number of thiophene rings is 1. The maximum Gasteiger partial charge on any atom is 0.341 e. The summed E-state index contributed by atoms with van der Waals surface area (Å²) in [6, 6.07) is 15.6. The van der Waals surface area contributed by atoms with Crippen molar-refractivity contribution in [3.8, 4) is 0 Å². The molecule has 6 heteroatoms. The molecule has 0 aliphatic heterocycles. The molecule has 1 N–H and O–H groups in total. The maximum absolute atomic E-state index is 12.5. The van der Waals surface area contributed by atoms with Gasteiger partial charge in [-0.1, -0.05) is 44.2 Å². The first kappa shape index (κ1) is 19.5. The van der Waals surface area contributed by atoms with E-state index in [0.717, 1.165) is 15.6 Å². The quantitative estimate of drug-likeness (QED) is 0.447. The van der Waals surface area contributed by atoms with E-state index in [1.165, 1.54) is 23.3 Å². The van der Waals surface area contributed by atoms with Crippen molar-refractivity contribution in [2.75, 3.05) is 12.4 Å². The van der Waals surface area contributed by atoms with Crippen LogP contribution in [0.5, 0.6) is 0 Å². The number of hydrogen-bond donors (Lipinski definition) is 1. The summed E-state index contributed by atoms with van der Waals surface area (Å²) in [5.41, 5.74) is 1.34. The van der Waals surface area contributed by atoms with Gasteiger partial charge in [0.05, 0.1) is 13.5 Å². The van der Waals surface area contributed by atoms with Crippen LogP contribution in [0, 0.1) is 0 Å². The molecule has 0 atom stereocenters. The molecule has 1 heterocycles. The first-order valence-electron chi connectivity index (χ1n) is 8.63. The number of hydrogen-bond acceptors (Lipinski definition) is 5. The normalized spacial score (nSPS) is 11.0. The highest BCUT2D eigenvalue weighted by Crippen LogP contribution is 2.36. The predicted molar refractivity (Wildman–Crippen MR) is 113 cm³/mol. The van der Waals surface area contributed by atoms with Gasteiger partial charge >= 0.3 is 5.97 Å². The van der Waals surface area contributed by atoms with E-state index >= 15 is 0 Å². The molecule has 0 saturated heterocycles. The molecule has 0 aliphatic rings. The van der Waals surface area contributed by atoms with Crippen molar-refractivity contribution in [2.45, 2.75) is 30.4 Å². The highest BCUT2D eigenvalue weighted by Gasteiger charge is 2.21. The minimum atomic E-state index is -0.446. The van der Waals surface area contributed by atoms with E-state index in [2.05, 4.69) is 19.2 Å². The molecule has 2 aromatic carbocycles. The number of thioether (sulfide) groups is 1. The van der Waals surface area contributed by atoms with E-state index in [0.29, 0.717) is 15.8 Å². The monoisotopic (exact) mass is 399 g/mol. The van der Waals surface area contributed by atoms with Crippen molar-refractivity contribution < 1.29 is 14.3 Å². The van der Waals surface area contributed by atoms with Gasteiger partial charge in [0.15, 0.2) is 0 Å². The number of benzene rings is 2. The molecule has 3 rings (SSSR count). The van der Waals surface area contributed by atoms with E-state index in [4.69, 9.17) is 4.74 Å². The number of amides is 1. The van der Waals surface area contributed by atoms with Gasteiger partial charge in [0, 0.05) is 20.2 Å². The molecule has 0 aliphatic carbocycles. The molecule has 27 heavy (non-hydrogen) atoms. The molecule has 1 aromatic heterocycles. The van der Waals surface area contributed by atoms with E-state index in [-0.39, 0.29) is 12.3 Å². The summed E-state index contributed by atoms with van der Waals surface area (Å²) in [5, 5.41) is 4.72. The lowest BCUT2D eigenvalue weighted by Gasteiger charge is -2.08. The van der Waals surface area contributed by atoms with Crippen LogP contribution in [0.1, 0.15) is 29.8 Å². The van der Waals surface area contributed by atoms with Gasteiger partial charge in [0.2, 0.25) is 5.91 Å². The second-order valence-corrected chi connectivity index (χ2v) is 9.03. The predicted octanol–water partition coefficient (Wildman–Crippen LogP) is 5.37. The number of nitrogens with one attached hydrogen (secondary N) is 1. The summed E-state index contributed by atoms with van der Waals surface area (Å²) in [6.45, 7) is 4.30. The Bertz CT molecular complexity index is 961. The number of rotatable bonds is 6. The van der Waals surface area contributed by atoms with Gasteiger partial charge in [-0.3, -0.25) is 4.79 Å². The summed E-state index contributed by atoms with van der Waals surface area (Å²) >= 11 is 3.17. The third kappa shape index (κ3) is 4.70. The molecular formula is C21H21NO3S2. The molecule has 0 spiro atoms. The third-order valence-corrected chi connectivity index (χ3v) is 6.00. The van der Waals surface area contributed by atoms with Crippen LogP contribution in [0.15, 0.2) is 53.4 Å². The summed E-state index contributed by atoms with van der Waals surface area (Å²) in [5.74, 6) is -0.603. The zero-order valence-corrected chi connectivity index (χ0v) is 17.1. The first-order valence-corrected chi connectivity index (χ1v) is 10.3. The standard InChI is InChI=1S/C21H21NO3S2/c1-13(2)26-15-10-8-14(9-11-15)12-18(23)22-20-19(21(24)25-3)16-6-4-5-7-17(16)27-20/h4-11,13H,12H2,1-3H3,(H,22,23). The van der Waals surface area contributed by atoms with Gasteiger partial charge in [-0.25, -0.2) is 4.79 Å². The van der Waals surface area contributed by atoms with Gasteiger partial charge in [-0.15, -0.1) is 23.1 Å². The van der Waals surface area contributed by atoms with Crippen LogP contribution < -0.4 is 5.32 Å². The van der Waals surface area contributed by atoms with Crippen molar-refractivity contribution in [1.29, 1.82) is 0 Å². The van der Waals surface area contributed by atoms with Gasteiger partial charge in [-0.2, -0.15) is 0 Å². The molecule has 140 valence electrons. The Kier molecular flexibility index (Phi) is 6.19. The fraction of sp³-hybridized carbons (Fsp3) is 0.238. The van der Waals surface area contributed by atoms with Crippen molar-refractivity contribution in [1.82, 2.24) is 0 Å². The van der Waals surface area contributed by atoms with E-state index in [1.54, 1.807) is 11.8 Å². The zero-order valence-electron chi connectivity index (χ0n) is 15.4. The Balaban J connectivity index is 1.77. The Morgan fingerprint density at radius 3 is 2.48 bits per heavy atom. The third-order valence-electron chi connectivity index (χ3n) is 3.90. The molecule has 1 amide bonds. The number of anilines is 1. The van der Waals surface area contributed by atoms with Gasteiger partial charge in [0.1, 0.15) is 10.6 Å². The molecule has 4 nitrogen and oxygen atoms in total. The highest BCUT2D eigenvalue weighted by atomic mass is 32.2. The second-order valence-electron chi connectivity index (χ2n) is 6.33. The largest absolute Gasteiger partial charge is 0.465 e. The fourth-order valence-electron chi connectivity index (χ4n) is 2.75. The first-order chi connectivity index (χ1) is 13.0. The summed E-state index contributed by atoms with van der Waals surface area (Å²) in [7, 11) is 1.34. The second kappa shape index (κ2) is 8.59. The van der Waals surface area contributed by atoms with Crippen molar-refractivity contribution in [2.24, 2.45) is 0 Å². The number of methoxy groups -OCH3 is 1. The van der Waals surface area contributed by atoms with Crippen LogP contribution in [-0.2, 0) is 16.0 Å². The number of carbonyl (C=O) groups is 2. The average molecular weight is 400 g/mol. The molecule has 3 aromatic rings. The Hall–Kier alpha value is -2.31. The molecular weight excluding hydrogens is 378 g/mol. The number of fused-ring (bicyclic) bond motifs is 1.